The molecule has 0 bridgehead atoms. The van der Waals surface area contributed by atoms with Crippen LogP contribution in [-0.2, 0) is 9.47 Å². The molecule has 1 rings (SSSR count). The maximum absolute atomic E-state index is 9.58. The SMILES string of the molecule is COC1(OC)CCC(O)CC1O. The number of hydrogen-bond acceptors (Lipinski definition) is 4. The van der Waals surface area contributed by atoms with Gasteiger partial charge >= 0.3 is 0 Å². The smallest absolute Gasteiger partial charge is 0.194 e. The van der Waals surface area contributed by atoms with E-state index in [0.29, 0.717) is 19.3 Å². The number of aliphatic hydroxyl groups is 2. The van der Waals surface area contributed by atoms with Gasteiger partial charge in [0.05, 0.1) is 6.10 Å². The largest absolute Gasteiger partial charge is 0.393 e. The fourth-order valence-corrected chi connectivity index (χ4v) is 1.65. The molecule has 0 saturated heterocycles. The van der Waals surface area contributed by atoms with Gasteiger partial charge in [-0.05, 0) is 6.42 Å². The van der Waals surface area contributed by atoms with Crippen molar-refractivity contribution in [2.45, 2.75) is 37.3 Å². The second-order valence-electron chi connectivity index (χ2n) is 3.16. The molecule has 72 valence electrons. The lowest BCUT2D eigenvalue weighted by Crippen LogP contribution is -2.51. The van der Waals surface area contributed by atoms with Crippen LogP contribution in [0.4, 0.5) is 0 Å². The standard InChI is InChI=1S/C8H16O4/c1-11-8(12-2)4-3-6(9)5-7(8)10/h6-7,9-10H,3-5H2,1-2H3. The first kappa shape index (κ1) is 9.92. The van der Waals surface area contributed by atoms with E-state index in [1.54, 1.807) is 0 Å². The molecular weight excluding hydrogens is 160 g/mol. The van der Waals surface area contributed by atoms with Gasteiger partial charge in [-0.25, -0.2) is 0 Å². The Balaban J connectivity index is 2.64. The molecule has 0 aromatic rings. The minimum atomic E-state index is -0.904. The number of methoxy groups -OCH3 is 2. The fourth-order valence-electron chi connectivity index (χ4n) is 1.65. The maximum atomic E-state index is 9.58. The molecule has 1 saturated carbocycles. The van der Waals surface area contributed by atoms with E-state index in [1.807, 2.05) is 0 Å². The Morgan fingerprint density at radius 1 is 1.25 bits per heavy atom. The van der Waals surface area contributed by atoms with Gasteiger partial charge in [0.2, 0.25) is 0 Å². The summed E-state index contributed by atoms with van der Waals surface area (Å²) in [6.45, 7) is 0. The fraction of sp³-hybridized carbons (Fsp3) is 1.00. The molecule has 2 N–H and O–H groups in total. The maximum Gasteiger partial charge on any atom is 0.194 e. The summed E-state index contributed by atoms with van der Waals surface area (Å²) in [6, 6.07) is 0. The van der Waals surface area contributed by atoms with Gasteiger partial charge in [-0.2, -0.15) is 0 Å². The zero-order chi connectivity index (χ0) is 9.19. The molecule has 2 atom stereocenters. The van der Waals surface area contributed by atoms with Crippen molar-refractivity contribution in [3.05, 3.63) is 0 Å². The Morgan fingerprint density at radius 2 is 1.83 bits per heavy atom. The summed E-state index contributed by atoms with van der Waals surface area (Å²) < 4.78 is 10.2. The quantitative estimate of drug-likeness (QED) is 0.576. The van der Waals surface area contributed by atoms with Gasteiger partial charge in [0.1, 0.15) is 6.10 Å². The number of rotatable bonds is 2. The molecular formula is C8H16O4. The first-order chi connectivity index (χ1) is 5.64. The van der Waals surface area contributed by atoms with Crippen LogP contribution in [0.1, 0.15) is 19.3 Å². The summed E-state index contributed by atoms with van der Waals surface area (Å²) in [4.78, 5) is 0. The van der Waals surface area contributed by atoms with E-state index in [1.165, 1.54) is 14.2 Å². The van der Waals surface area contributed by atoms with E-state index in [-0.39, 0.29) is 0 Å². The van der Waals surface area contributed by atoms with Crippen molar-refractivity contribution in [2.24, 2.45) is 0 Å². The summed E-state index contributed by atoms with van der Waals surface area (Å²) in [5.41, 5.74) is 0. The zero-order valence-electron chi connectivity index (χ0n) is 7.49. The molecule has 0 aromatic heterocycles. The van der Waals surface area contributed by atoms with Crippen molar-refractivity contribution >= 4 is 0 Å². The molecule has 1 aliphatic rings. The van der Waals surface area contributed by atoms with Crippen molar-refractivity contribution in [1.29, 1.82) is 0 Å². The average molecular weight is 176 g/mol. The predicted octanol–water partition coefficient (Wildman–Crippen LogP) is -0.119. The van der Waals surface area contributed by atoms with Crippen LogP contribution in [0.25, 0.3) is 0 Å². The number of ether oxygens (including phenoxy) is 2. The minimum absolute atomic E-state index is 0.321. The average Bonchev–Trinajstić information content (AvgIpc) is 2.06. The van der Waals surface area contributed by atoms with Gasteiger partial charge in [-0.3, -0.25) is 0 Å². The molecule has 12 heavy (non-hydrogen) atoms. The molecule has 0 aliphatic heterocycles. The Morgan fingerprint density at radius 3 is 2.25 bits per heavy atom. The summed E-state index contributed by atoms with van der Waals surface area (Å²) in [7, 11) is 3.01. The highest BCUT2D eigenvalue weighted by Crippen LogP contribution is 2.32. The van der Waals surface area contributed by atoms with Crippen molar-refractivity contribution in [1.82, 2.24) is 0 Å². The van der Waals surface area contributed by atoms with Crippen molar-refractivity contribution in [3.8, 4) is 0 Å². The van der Waals surface area contributed by atoms with Crippen LogP contribution in [0.15, 0.2) is 0 Å². The Labute approximate surface area is 72.1 Å². The topological polar surface area (TPSA) is 58.9 Å². The lowest BCUT2D eigenvalue weighted by molar-refractivity contribution is -0.280. The third-order valence-corrected chi connectivity index (χ3v) is 2.52. The van der Waals surface area contributed by atoms with Crippen LogP contribution < -0.4 is 0 Å². The normalized spacial score (nSPS) is 35.0. The monoisotopic (exact) mass is 176 g/mol. The Bertz CT molecular complexity index is 144. The summed E-state index contributed by atoms with van der Waals surface area (Å²) in [5, 5.41) is 18.8. The minimum Gasteiger partial charge on any atom is -0.393 e. The predicted molar refractivity (Wildman–Crippen MR) is 42.6 cm³/mol. The van der Waals surface area contributed by atoms with Crippen LogP contribution >= 0.6 is 0 Å². The molecule has 0 aromatic carbocycles. The van der Waals surface area contributed by atoms with E-state index in [2.05, 4.69) is 0 Å². The van der Waals surface area contributed by atoms with Crippen molar-refractivity contribution in [3.63, 3.8) is 0 Å². The van der Waals surface area contributed by atoms with Crippen molar-refractivity contribution in [2.75, 3.05) is 14.2 Å². The first-order valence-electron chi connectivity index (χ1n) is 4.11. The van der Waals surface area contributed by atoms with Gasteiger partial charge in [0.15, 0.2) is 5.79 Å². The molecule has 4 nitrogen and oxygen atoms in total. The number of hydrogen-bond donors (Lipinski definition) is 2. The van der Waals surface area contributed by atoms with Crippen LogP contribution in [0.5, 0.6) is 0 Å². The van der Waals surface area contributed by atoms with E-state index in [4.69, 9.17) is 9.47 Å². The zero-order valence-corrected chi connectivity index (χ0v) is 7.49. The molecule has 0 amide bonds. The van der Waals surface area contributed by atoms with Gasteiger partial charge in [-0.15, -0.1) is 0 Å². The third-order valence-electron chi connectivity index (χ3n) is 2.52. The highest BCUT2D eigenvalue weighted by Gasteiger charge is 2.43. The third kappa shape index (κ3) is 1.61. The first-order valence-corrected chi connectivity index (χ1v) is 4.11. The number of aliphatic hydroxyl groups excluding tert-OH is 2. The molecule has 1 aliphatic carbocycles. The van der Waals surface area contributed by atoms with E-state index < -0.39 is 18.0 Å². The molecule has 0 radical (unpaired) electrons. The van der Waals surface area contributed by atoms with Crippen LogP contribution in [-0.4, -0.2) is 42.4 Å². The second kappa shape index (κ2) is 3.70. The van der Waals surface area contributed by atoms with Crippen molar-refractivity contribution < 1.29 is 19.7 Å². The van der Waals surface area contributed by atoms with Crippen LogP contribution in [0.2, 0.25) is 0 Å². The highest BCUT2D eigenvalue weighted by atomic mass is 16.7. The summed E-state index contributed by atoms with van der Waals surface area (Å²) >= 11 is 0. The van der Waals surface area contributed by atoms with E-state index >= 15 is 0 Å². The van der Waals surface area contributed by atoms with E-state index in [9.17, 15) is 10.2 Å². The van der Waals surface area contributed by atoms with Gasteiger partial charge in [-0.1, -0.05) is 0 Å². The van der Waals surface area contributed by atoms with Gasteiger partial charge < -0.3 is 19.7 Å². The Hall–Kier alpha value is -0.160. The summed E-state index contributed by atoms with van der Waals surface area (Å²) in [5.74, 6) is -0.904. The highest BCUT2D eigenvalue weighted by molar-refractivity contribution is 4.87. The van der Waals surface area contributed by atoms with Crippen LogP contribution in [0, 0.1) is 0 Å². The van der Waals surface area contributed by atoms with Gasteiger partial charge in [0.25, 0.3) is 0 Å². The van der Waals surface area contributed by atoms with Gasteiger partial charge in [0, 0.05) is 27.1 Å². The molecule has 0 heterocycles. The second-order valence-corrected chi connectivity index (χ2v) is 3.16. The molecule has 2 unspecified atom stereocenters. The molecule has 0 spiro atoms. The lowest BCUT2D eigenvalue weighted by Gasteiger charge is -2.40. The molecule has 4 heteroatoms. The molecule has 1 fully saturated rings. The van der Waals surface area contributed by atoms with Crippen LogP contribution in [0.3, 0.4) is 0 Å². The summed E-state index contributed by atoms with van der Waals surface area (Å²) in [6.07, 6.45) is 0.289. The lowest BCUT2D eigenvalue weighted by atomic mass is 9.89. The Kier molecular flexibility index (Phi) is 3.06. The van der Waals surface area contributed by atoms with E-state index in [0.717, 1.165) is 0 Å².